The van der Waals surface area contributed by atoms with Gasteiger partial charge in [-0.1, -0.05) is 33.6 Å². The van der Waals surface area contributed by atoms with Gasteiger partial charge in [0.05, 0.1) is 5.41 Å². The monoisotopic (exact) mass is 268 g/mol. The molecule has 0 aromatic heterocycles. The van der Waals surface area contributed by atoms with Crippen LogP contribution in [-0.2, 0) is 4.79 Å². The molecular weight excluding hydrogens is 236 g/mol. The van der Waals surface area contributed by atoms with Gasteiger partial charge in [-0.05, 0) is 38.0 Å². The van der Waals surface area contributed by atoms with Crippen molar-refractivity contribution in [2.24, 2.45) is 16.7 Å². The number of carbonyl (C=O) groups is 1. The maximum absolute atomic E-state index is 11.8. The van der Waals surface area contributed by atoms with E-state index in [1.807, 2.05) is 13.8 Å². The molecule has 3 heteroatoms. The average Bonchev–Trinajstić information content (AvgIpc) is 2.34. The van der Waals surface area contributed by atoms with Gasteiger partial charge in [0.1, 0.15) is 0 Å². The Kier molecular flexibility index (Phi) is 5.43. The molecule has 0 aromatic rings. The first-order chi connectivity index (χ1) is 8.68. The molecule has 1 aliphatic rings. The SMILES string of the molecule is CNC(=O)C(C)(C)CNC1CCCCC1C(C)(C)C. The summed E-state index contributed by atoms with van der Waals surface area (Å²) in [5, 5.41) is 6.43. The Balaban J connectivity index is 2.61. The van der Waals surface area contributed by atoms with Gasteiger partial charge in [-0.15, -0.1) is 0 Å². The van der Waals surface area contributed by atoms with Crippen molar-refractivity contribution in [1.82, 2.24) is 10.6 Å². The Labute approximate surface area is 118 Å². The second kappa shape index (κ2) is 6.25. The molecule has 1 rings (SSSR count). The van der Waals surface area contributed by atoms with Gasteiger partial charge in [0.15, 0.2) is 0 Å². The molecule has 1 amide bonds. The molecule has 19 heavy (non-hydrogen) atoms. The third-order valence-corrected chi connectivity index (χ3v) is 4.53. The lowest BCUT2D eigenvalue weighted by Crippen LogP contribution is -2.50. The van der Waals surface area contributed by atoms with E-state index in [-0.39, 0.29) is 11.3 Å². The maximum atomic E-state index is 11.8. The molecular formula is C16H32N2O. The smallest absolute Gasteiger partial charge is 0.226 e. The lowest BCUT2D eigenvalue weighted by atomic mass is 9.69. The molecule has 0 bridgehead atoms. The highest BCUT2D eigenvalue weighted by Gasteiger charge is 2.35. The van der Waals surface area contributed by atoms with Gasteiger partial charge < -0.3 is 10.6 Å². The molecule has 1 saturated carbocycles. The molecule has 0 spiro atoms. The van der Waals surface area contributed by atoms with Gasteiger partial charge in [-0.3, -0.25) is 4.79 Å². The van der Waals surface area contributed by atoms with Crippen LogP contribution in [-0.4, -0.2) is 25.5 Å². The number of nitrogens with one attached hydrogen (secondary N) is 2. The van der Waals surface area contributed by atoms with Crippen LogP contribution in [0.5, 0.6) is 0 Å². The topological polar surface area (TPSA) is 41.1 Å². The van der Waals surface area contributed by atoms with Crippen LogP contribution in [0.3, 0.4) is 0 Å². The lowest BCUT2D eigenvalue weighted by Gasteiger charge is -2.42. The highest BCUT2D eigenvalue weighted by molar-refractivity contribution is 5.81. The van der Waals surface area contributed by atoms with Crippen LogP contribution >= 0.6 is 0 Å². The van der Waals surface area contributed by atoms with E-state index >= 15 is 0 Å². The molecule has 2 unspecified atom stereocenters. The first-order valence-corrected chi connectivity index (χ1v) is 7.64. The Morgan fingerprint density at radius 3 is 2.21 bits per heavy atom. The molecule has 2 atom stereocenters. The summed E-state index contributed by atoms with van der Waals surface area (Å²) in [5.74, 6) is 0.824. The minimum atomic E-state index is -0.339. The van der Waals surface area contributed by atoms with E-state index in [9.17, 15) is 4.79 Å². The Bertz CT molecular complexity index is 304. The summed E-state index contributed by atoms with van der Waals surface area (Å²) in [6.45, 7) is 11.8. The van der Waals surface area contributed by atoms with Crippen LogP contribution in [0.25, 0.3) is 0 Å². The van der Waals surface area contributed by atoms with Crippen molar-refractivity contribution in [3.63, 3.8) is 0 Å². The molecule has 2 N–H and O–H groups in total. The molecule has 1 fully saturated rings. The molecule has 0 aromatic carbocycles. The summed E-state index contributed by atoms with van der Waals surface area (Å²) < 4.78 is 0. The maximum Gasteiger partial charge on any atom is 0.226 e. The first kappa shape index (κ1) is 16.5. The normalized spacial score (nSPS) is 25.2. The molecule has 0 heterocycles. The zero-order valence-corrected chi connectivity index (χ0v) is 13.6. The highest BCUT2D eigenvalue weighted by Crippen LogP contribution is 2.38. The van der Waals surface area contributed by atoms with E-state index < -0.39 is 0 Å². The van der Waals surface area contributed by atoms with E-state index in [0.29, 0.717) is 17.4 Å². The van der Waals surface area contributed by atoms with Crippen LogP contribution < -0.4 is 10.6 Å². The van der Waals surface area contributed by atoms with Crippen LogP contribution in [0.15, 0.2) is 0 Å². The highest BCUT2D eigenvalue weighted by atomic mass is 16.2. The Hall–Kier alpha value is -0.570. The molecule has 112 valence electrons. The van der Waals surface area contributed by atoms with Crippen molar-refractivity contribution in [2.75, 3.05) is 13.6 Å². The lowest BCUT2D eigenvalue weighted by molar-refractivity contribution is -0.128. The number of rotatable bonds is 4. The van der Waals surface area contributed by atoms with E-state index in [1.54, 1.807) is 7.05 Å². The van der Waals surface area contributed by atoms with Gasteiger partial charge in [-0.2, -0.15) is 0 Å². The largest absolute Gasteiger partial charge is 0.359 e. The Morgan fingerprint density at radius 1 is 1.11 bits per heavy atom. The third kappa shape index (κ3) is 4.48. The zero-order valence-electron chi connectivity index (χ0n) is 13.6. The minimum absolute atomic E-state index is 0.114. The average molecular weight is 268 g/mol. The van der Waals surface area contributed by atoms with Gasteiger partial charge in [0, 0.05) is 19.6 Å². The number of hydrogen-bond donors (Lipinski definition) is 2. The van der Waals surface area contributed by atoms with E-state index in [4.69, 9.17) is 0 Å². The molecule has 0 radical (unpaired) electrons. The zero-order chi connectivity index (χ0) is 14.7. The van der Waals surface area contributed by atoms with Gasteiger partial charge in [0.2, 0.25) is 5.91 Å². The summed E-state index contributed by atoms with van der Waals surface area (Å²) in [7, 11) is 1.71. The third-order valence-electron chi connectivity index (χ3n) is 4.53. The van der Waals surface area contributed by atoms with Crippen LogP contribution in [0, 0.1) is 16.7 Å². The van der Waals surface area contributed by atoms with Crippen LogP contribution in [0.4, 0.5) is 0 Å². The number of carbonyl (C=O) groups excluding carboxylic acids is 1. The quantitative estimate of drug-likeness (QED) is 0.823. The van der Waals surface area contributed by atoms with Crippen molar-refractivity contribution in [3.05, 3.63) is 0 Å². The van der Waals surface area contributed by atoms with E-state index in [2.05, 4.69) is 31.4 Å². The van der Waals surface area contributed by atoms with Gasteiger partial charge in [-0.25, -0.2) is 0 Å². The van der Waals surface area contributed by atoms with Crippen molar-refractivity contribution in [2.45, 2.75) is 66.3 Å². The summed E-state index contributed by atoms with van der Waals surface area (Å²) in [5.41, 5.74) is 0.00385. The molecule has 1 aliphatic carbocycles. The predicted molar refractivity (Wildman–Crippen MR) is 81.1 cm³/mol. The van der Waals surface area contributed by atoms with Crippen LogP contribution in [0.1, 0.15) is 60.3 Å². The predicted octanol–water partition coefficient (Wildman–Crippen LogP) is 2.95. The van der Waals surface area contributed by atoms with Gasteiger partial charge in [0.25, 0.3) is 0 Å². The Morgan fingerprint density at radius 2 is 1.68 bits per heavy atom. The molecule has 0 saturated heterocycles. The van der Waals surface area contributed by atoms with Crippen LogP contribution in [0.2, 0.25) is 0 Å². The van der Waals surface area contributed by atoms with Crippen molar-refractivity contribution in [1.29, 1.82) is 0 Å². The minimum Gasteiger partial charge on any atom is -0.359 e. The summed E-state index contributed by atoms with van der Waals surface area (Å²) in [4.78, 5) is 11.8. The van der Waals surface area contributed by atoms with E-state index in [0.717, 1.165) is 6.54 Å². The fourth-order valence-corrected chi connectivity index (χ4v) is 3.22. The number of hydrogen-bond acceptors (Lipinski definition) is 2. The number of amides is 1. The second-order valence-corrected chi connectivity index (χ2v) is 7.71. The van der Waals surface area contributed by atoms with Gasteiger partial charge >= 0.3 is 0 Å². The summed E-state index contributed by atoms with van der Waals surface area (Å²) >= 11 is 0. The summed E-state index contributed by atoms with van der Waals surface area (Å²) in [6, 6.07) is 0.553. The van der Waals surface area contributed by atoms with Crippen molar-refractivity contribution < 1.29 is 4.79 Å². The molecule has 0 aliphatic heterocycles. The first-order valence-electron chi connectivity index (χ1n) is 7.64. The summed E-state index contributed by atoms with van der Waals surface area (Å²) in [6.07, 6.45) is 5.21. The van der Waals surface area contributed by atoms with Crippen molar-refractivity contribution in [3.8, 4) is 0 Å². The van der Waals surface area contributed by atoms with Crippen molar-refractivity contribution >= 4 is 5.91 Å². The standard InChI is InChI=1S/C16H32N2O/c1-15(2,3)12-9-7-8-10-13(12)18-11-16(4,5)14(19)17-6/h12-13,18H,7-11H2,1-6H3,(H,17,19). The fourth-order valence-electron chi connectivity index (χ4n) is 3.22. The fraction of sp³-hybridized carbons (Fsp3) is 0.938. The van der Waals surface area contributed by atoms with E-state index in [1.165, 1.54) is 25.7 Å². The molecule has 3 nitrogen and oxygen atoms in total. The second-order valence-electron chi connectivity index (χ2n) is 7.71.